The van der Waals surface area contributed by atoms with Crippen LogP contribution in [0.15, 0.2) is 24.7 Å². The maximum atomic E-state index is 12.9. The maximum Gasteiger partial charge on any atom is 0.245 e. The molecule has 3 aromatic rings. The van der Waals surface area contributed by atoms with Crippen molar-refractivity contribution in [2.24, 2.45) is 0 Å². The lowest BCUT2D eigenvalue weighted by atomic mass is 9.99. The van der Waals surface area contributed by atoms with Gasteiger partial charge in [-0.3, -0.25) is 9.48 Å². The first-order valence-electron chi connectivity index (χ1n) is 8.43. The van der Waals surface area contributed by atoms with Crippen LogP contribution in [0.4, 0.5) is 0 Å². The van der Waals surface area contributed by atoms with E-state index in [0.29, 0.717) is 5.02 Å². The molecule has 7 nitrogen and oxygen atoms in total. The van der Waals surface area contributed by atoms with E-state index < -0.39 is 0 Å². The van der Waals surface area contributed by atoms with E-state index in [1.54, 1.807) is 17.1 Å². The number of aromatic nitrogens is 5. The molecule has 1 saturated heterocycles. The van der Waals surface area contributed by atoms with Crippen LogP contribution >= 0.6 is 11.6 Å². The normalized spacial score (nSPS) is 21.8. The molecular weight excluding hydrogens is 340 g/mol. The first-order chi connectivity index (χ1) is 12.1. The minimum Gasteiger partial charge on any atom is -0.331 e. The Morgan fingerprint density at radius 1 is 1.36 bits per heavy atom. The number of hydrogen-bond acceptors (Lipinski definition) is 4. The van der Waals surface area contributed by atoms with E-state index in [2.05, 4.69) is 15.2 Å². The fourth-order valence-corrected chi connectivity index (χ4v) is 4.38. The SMILES string of the molecule is Cc1cc2ncc3c(n2n1)CC1CCC3N1C(=O)Cn1cc(Cl)cn1. The number of aryl methyl sites for hydroxylation is 1. The molecule has 2 atom stereocenters. The van der Waals surface area contributed by atoms with E-state index >= 15 is 0 Å². The maximum absolute atomic E-state index is 12.9. The molecule has 0 N–H and O–H groups in total. The van der Waals surface area contributed by atoms with Gasteiger partial charge in [0, 0.05) is 36.5 Å². The molecular formula is C17H17ClN6O. The Bertz CT molecular complexity index is 992. The van der Waals surface area contributed by atoms with Crippen molar-refractivity contribution in [2.45, 2.75) is 44.8 Å². The molecule has 25 heavy (non-hydrogen) atoms. The molecule has 1 amide bonds. The van der Waals surface area contributed by atoms with E-state index in [1.165, 1.54) is 5.69 Å². The lowest BCUT2D eigenvalue weighted by molar-refractivity contribution is -0.135. The number of carbonyl (C=O) groups excluding carboxylic acids is 1. The Morgan fingerprint density at radius 3 is 3.04 bits per heavy atom. The number of fused-ring (bicyclic) bond motifs is 6. The van der Waals surface area contributed by atoms with E-state index in [9.17, 15) is 4.79 Å². The molecule has 0 radical (unpaired) electrons. The van der Waals surface area contributed by atoms with Crippen LogP contribution in [0.1, 0.15) is 35.8 Å². The topological polar surface area (TPSA) is 68.3 Å². The summed E-state index contributed by atoms with van der Waals surface area (Å²) in [5.74, 6) is 0.0784. The monoisotopic (exact) mass is 356 g/mol. The molecule has 2 aliphatic heterocycles. The number of amides is 1. The second-order valence-corrected chi connectivity index (χ2v) is 7.26. The summed E-state index contributed by atoms with van der Waals surface area (Å²) >= 11 is 5.90. The van der Waals surface area contributed by atoms with Crippen LogP contribution in [0.25, 0.3) is 5.65 Å². The third-order valence-electron chi connectivity index (χ3n) is 5.21. The highest BCUT2D eigenvalue weighted by Gasteiger charge is 2.43. The Kier molecular flexibility index (Phi) is 3.15. The van der Waals surface area contributed by atoms with Crippen LogP contribution in [-0.2, 0) is 17.8 Å². The van der Waals surface area contributed by atoms with Crippen LogP contribution in [0.5, 0.6) is 0 Å². The lowest BCUT2D eigenvalue weighted by Crippen LogP contribution is -2.44. The number of rotatable bonds is 2. The fourth-order valence-electron chi connectivity index (χ4n) is 4.23. The zero-order valence-corrected chi connectivity index (χ0v) is 14.5. The Labute approximate surface area is 149 Å². The second kappa shape index (κ2) is 5.29. The zero-order valence-electron chi connectivity index (χ0n) is 13.8. The molecule has 1 fully saturated rings. The van der Waals surface area contributed by atoms with Gasteiger partial charge in [0.2, 0.25) is 5.91 Å². The van der Waals surface area contributed by atoms with E-state index in [0.717, 1.165) is 36.2 Å². The minimum atomic E-state index is 0.0775. The quantitative estimate of drug-likeness (QED) is 0.705. The standard InChI is InChI=1S/C17H17ClN6O/c1-10-4-16-19-7-13-14-3-2-12(5-15(13)24(16)21-10)23(14)17(25)9-22-8-11(18)6-20-22/h4,6-8,12,14H,2-3,5,9H2,1H3. The van der Waals surface area contributed by atoms with Gasteiger partial charge in [0.1, 0.15) is 6.54 Å². The molecule has 3 aromatic heterocycles. The van der Waals surface area contributed by atoms with Crippen molar-refractivity contribution in [3.05, 3.63) is 46.6 Å². The van der Waals surface area contributed by atoms with Crippen molar-refractivity contribution in [1.29, 1.82) is 0 Å². The summed E-state index contributed by atoms with van der Waals surface area (Å²) in [7, 11) is 0. The molecule has 0 aromatic carbocycles. The smallest absolute Gasteiger partial charge is 0.245 e. The summed E-state index contributed by atoms with van der Waals surface area (Å²) in [6.45, 7) is 2.19. The van der Waals surface area contributed by atoms with Gasteiger partial charge < -0.3 is 4.90 Å². The van der Waals surface area contributed by atoms with Gasteiger partial charge >= 0.3 is 0 Å². The van der Waals surface area contributed by atoms with E-state index in [1.807, 2.05) is 28.6 Å². The third kappa shape index (κ3) is 2.26. The van der Waals surface area contributed by atoms with Crippen LogP contribution in [0.2, 0.25) is 5.02 Å². The first kappa shape index (κ1) is 14.9. The van der Waals surface area contributed by atoms with Crippen LogP contribution in [0, 0.1) is 6.92 Å². The summed E-state index contributed by atoms with van der Waals surface area (Å²) in [6, 6.07) is 2.28. The summed E-state index contributed by atoms with van der Waals surface area (Å²) < 4.78 is 3.54. The largest absolute Gasteiger partial charge is 0.331 e. The predicted molar refractivity (Wildman–Crippen MR) is 91.3 cm³/mol. The minimum absolute atomic E-state index is 0.0775. The molecule has 128 valence electrons. The van der Waals surface area contributed by atoms with Gasteiger partial charge in [-0.25, -0.2) is 9.50 Å². The summed E-state index contributed by atoms with van der Waals surface area (Å²) in [5, 5.41) is 9.25. The molecule has 0 aliphatic carbocycles. The lowest BCUT2D eigenvalue weighted by Gasteiger charge is -2.36. The van der Waals surface area contributed by atoms with Crippen LogP contribution in [-0.4, -0.2) is 41.2 Å². The number of nitrogens with zero attached hydrogens (tertiary/aromatic N) is 6. The molecule has 5 heterocycles. The van der Waals surface area contributed by atoms with Crippen molar-refractivity contribution in [3.8, 4) is 0 Å². The first-order valence-corrected chi connectivity index (χ1v) is 8.81. The van der Waals surface area contributed by atoms with Crippen molar-refractivity contribution in [2.75, 3.05) is 0 Å². The molecule has 0 spiro atoms. The van der Waals surface area contributed by atoms with Gasteiger partial charge in [0.15, 0.2) is 5.65 Å². The van der Waals surface area contributed by atoms with Crippen molar-refractivity contribution >= 4 is 23.2 Å². The van der Waals surface area contributed by atoms with Gasteiger partial charge in [-0.05, 0) is 19.8 Å². The number of carbonyl (C=O) groups is 1. The van der Waals surface area contributed by atoms with Gasteiger partial charge in [-0.1, -0.05) is 11.6 Å². The highest BCUT2D eigenvalue weighted by atomic mass is 35.5. The average molecular weight is 357 g/mol. The molecule has 0 saturated carbocycles. The summed E-state index contributed by atoms with van der Waals surface area (Å²) in [4.78, 5) is 19.5. The highest BCUT2D eigenvalue weighted by molar-refractivity contribution is 6.30. The van der Waals surface area contributed by atoms with E-state index in [-0.39, 0.29) is 24.5 Å². The van der Waals surface area contributed by atoms with Gasteiger partial charge in [-0.2, -0.15) is 10.2 Å². The average Bonchev–Trinajstić information content (AvgIpc) is 3.24. The van der Waals surface area contributed by atoms with Crippen molar-refractivity contribution < 1.29 is 4.79 Å². The molecule has 5 rings (SSSR count). The van der Waals surface area contributed by atoms with Crippen molar-refractivity contribution in [1.82, 2.24) is 29.3 Å². The van der Waals surface area contributed by atoms with Gasteiger partial charge in [0.25, 0.3) is 0 Å². The summed E-state index contributed by atoms with van der Waals surface area (Å²) in [6.07, 6.45) is 7.94. The second-order valence-electron chi connectivity index (χ2n) is 6.82. The zero-order chi connectivity index (χ0) is 17.1. The molecule has 2 aliphatic rings. The third-order valence-corrected chi connectivity index (χ3v) is 5.41. The predicted octanol–water partition coefficient (Wildman–Crippen LogP) is 2.18. The molecule has 2 unspecified atom stereocenters. The van der Waals surface area contributed by atoms with Gasteiger partial charge in [-0.15, -0.1) is 0 Å². The number of halogens is 1. The van der Waals surface area contributed by atoms with Crippen LogP contribution in [0.3, 0.4) is 0 Å². The van der Waals surface area contributed by atoms with Gasteiger partial charge in [0.05, 0.1) is 28.6 Å². The fraction of sp³-hybridized carbons (Fsp3) is 0.412. The Balaban J connectivity index is 1.50. The molecule has 2 bridgehead atoms. The van der Waals surface area contributed by atoms with Crippen molar-refractivity contribution in [3.63, 3.8) is 0 Å². The summed E-state index contributed by atoms with van der Waals surface area (Å²) in [5.41, 5.74) is 4.15. The van der Waals surface area contributed by atoms with E-state index in [4.69, 9.17) is 11.6 Å². The van der Waals surface area contributed by atoms with Crippen LogP contribution < -0.4 is 0 Å². The Morgan fingerprint density at radius 2 is 2.24 bits per heavy atom. The molecule has 8 heteroatoms. The Hall–Kier alpha value is -2.41. The highest BCUT2D eigenvalue weighted by Crippen LogP contribution is 2.43. The number of hydrogen-bond donors (Lipinski definition) is 0.